The number of aryl methyl sites for hydroxylation is 1. The molecule has 1 aromatic rings. The van der Waals surface area contributed by atoms with E-state index in [4.69, 9.17) is 9.47 Å². The van der Waals surface area contributed by atoms with Gasteiger partial charge in [0.25, 0.3) is 0 Å². The Morgan fingerprint density at radius 3 is 2.95 bits per heavy atom. The smallest absolute Gasteiger partial charge is 0.220 e. The van der Waals surface area contributed by atoms with E-state index in [0.29, 0.717) is 19.6 Å². The first-order chi connectivity index (χ1) is 9.26. The Balaban J connectivity index is 2.18. The first-order valence-corrected chi connectivity index (χ1v) is 6.73. The molecule has 0 bridgehead atoms. The number of nitrogens with one attached hydrogen (secondary N) is 1. The summed E-state index contributed by atoms with van der Waals surface area (Å²) in [5, 5.41) is 2.89. The number of carbonyl (C=O) groups is 1. The Bertz CT molecular complexity index is 379. The van der Waals surface area contributed by atoms with Gasteiger partial charge in [0.2, 0.25) is 5.91 Å². The summed E-state index contributed by atoms with van der Waals surface area (Å²) in [4.78, 5) is 11.6. The summed E-state index contributed by atoms with van der Waals surface area (Å²) < 4.78 is 10.4. The van der Waals surface area contributed by atoms with Gasteiger partial charge in [0, 0.05) is 26.2 Å². The summed E-state index contributed by atoms with van der Waals surface area (Å²) in [6.07, 6.45) is 2.09. The fraction of sp³-hybridized carbons (Fsp3) is 0.533. The second kappa shape index (κ2) is 9.39. The number of carbonyl (C=O) groups excluding carboxylic acids is 1. The van der Waals surface area contributed by atoms with Crippen molar-refractivity contribution in [3.8, 4) is 5.75 Å². The molecule has 1 rings (SSSR count). The molecule has 19 heavy (non-hydrogen) atoms. The van der Waals surface area contributed by atoms with Crippen LogP contribution in [0.25, 0.3) is 0 Å². The number of methoxy groups -OCH3 is 1. The molecule has 1 N–H and O–H groups in total. The highest BCUT2D eigenvalue weighted by atomic mass is 16.5. The van der Waals surface area contributed by atoms with Crippen LogP contribution in [0.5, 0.6) is 5.75 Å². The van der Waals surface area contributed by atoms with Crippen molar-refractivity contribution in [3.63, 3.8) is 0 Å². The maximum atomic E-state index is 11.6. The van der Waals surface area contributed by atoms with Crippen LogP contribution < -0.4 is 10.1 Å². The average Bonchev–Trinajstić information content (AvgIpc) is 2.45. The first kappa shape index (κ1) is 15.5. The van der Waals surface area contributed by atoms with Gasteiger partial charge in [-0.3, -0.25) is 4.79 Å². The molecule has 0 aliphatic rings. The zero-order chi connectivity index (χ0) is 13.9. The van der Waals surface area contributed by atoms with E-state index in [1.165, 1.54) is 0 Å². The number of hydrogen-bond donors (Lipinski definition) is 1. The van der Waals surface area contributed by atoms with Crippen LogP contribution >= 0.6 is 0 Å². The molecule has 106 valence electrons. The molecule has 1 aromatic carbocycles. The molecule has 0 saturated heterocycles. The molecule has 0 saturated carbocycles. The summed E-state index contributed by atoms with van der Waals surface area (Å²) >= 11 is 0. The van der Waals surface area contributed by atoms with E-state index in [1.807, 2.05) is 31.2 Å². The van der Waals surface area contributed by atoms with E-state index in [9.17, 15) is 4.79 Å². The Morgan fingerprint density at radius 1 is 1.37 bits per heavy atom. The van der Waals surface area contributed by atoms with Gasteiger partial charge in [-0.15, -0.1) is 0 Å². The number of ether oxygens (including phenoxy) is 2. The second-order valence-electron chi connectivity index (χ2n) is 4.25. The van der Waals surface area contributed by atoms with Gasteiger partial charge in [0.05, 0.1) is 7.11 Å². The lowest BCUT2D eigenvalue weighted by Crippen LogP contribution is -2.25. The van der Waals surface area contributed by atoms with Gasteiger partial charge in [0.15, 0.2) is 0 Å². The highest BCUT2D eigenvalue weighted by Crippen LogP contribution is 2.13. The minimum absolute atomic E-state index is 0.0827. The maximum Gasteiger partial charge on any atom is 0.220 e. The predicted molar refractivity (Wildman–Crippen MR) is 75.4 cm³/mol. The molecule has 0 fully saturated rings. The minimum Gasteiger partial charge on any atom is -0.497 e. The monoisotopic (exact) mass is 265 g/mol. The summed E-state index contributed by atoms with van der Waals surface area (Å²) in [6, 6.07) is 7.80. The van der Waals surface area contributed by atoms with Crippen molar-refractivity contribution in [1.29, 1.82) is 0 Å². The molecule has 0 spiro atoms. The SMILES string of the molecule is CCOCCCNC(=O)CCc1cccc(OC)c1. The molecule has 1 amide bonds. The highest BCUT2D eigenvalue weighted by molar-refractivity contribution is 5.76. The largest absolute Gasteiger partial charge is 0.497 e. The molecule has 0 aliphatic carbocycles. The molecule has 0 unspecified atom stereocenters. The lowest BCUT2D eigenvalue weighted by Gasteiger charge is -2.06. The zero-order valence-corrected chi connectivity index (χ0v) is 11.8. The maximum absolute atomic E-state index is 11.6. The third-order valence-electron chi connectivity index (χ3n) is 2.77. The van der Waals surface area contributed by atoms with Crippen molar-refractivity contribution in [1.82, 2.24) is 5.32 Å². The molecule has 0 heterocycles. The predicted octanol–water partition coefficient (Wildman–Crippen LogP) is 2.17. The fourth-order valence-corrected chi connectivity index (χ4v) is 1.72. The third kappa shape index (κ3) is 6.82. The van der Waals surface area contributed by atoms with Crippen molar-refractivity contribution < 1.29 is 14.3 Å². The molecule has 0 aliphatic heterocycles. The van der Waals surface area contributed by atoms with Gasteiger partial charge < -0.3 is 14.8 Å². The van der Waals surface area contributed by atoms with Crippen molar-refractivity contribution in [2.45, 2.75) is 26.2 Å². The number of hydrogen-bond acceptors (Lipinski definition) is 3. The summed E-state index contributed by atoms with van der Waals surface area (Å²) in [5.74, 6) is 0.911. The molecule has 0 atom stereocenters. The van der Waals surface area contributed by atoms with Crippen LogP contribution in [0.2, 0.25) is 0 Å². The van der Waals surface area contributed by atoms with E-state index in [0.717, 1.165) is 30.8 Å². The van der Waals surface area contributed by atoms with Gasteiger partial charge in [-0.25, -0.2) is 0 Å². The van der Waals surface area contributed by atoms with Gasteiger partial charge in [-0.2, -0.15) is 0 Å². The van der Waals surface area contributed by atoms with Gasteiger partial charge >= 0.3 is 0 Å². The van der Waals surface area contributed by atoms with E-state index in [2.05, 4.69) is 5.32 Å². The topological polar surface area (TPSA) is 47.6 Å². The van der Waals surface area contributed by atoms with Crippen molar-refractivity contribution in [2.75, 3.05) is 26.9 Å². The van der Waals surface area contributed by atoms with Gasteiger partial charge in [0.1, 0.15) is 5.75 Å². The van der Waals surface area contributed by atoms with Crippen LogP contribution in [-0.2, 0) is 16.0 Å². The van der Waals surface area contributed by atoms with Gasteiger partial charge in [-0.1, -0.05) is 12.1 Å². The van der Waals surface area contributed by atoms with Gasteiger partial charge in [-0.05, 0) is 37.5 Å². The van der Waals surface area contributed by atoms with Crippen molar-refractivity contribution >= 4 is 5.91 Å². The highest BCUT2D eigenvalue weighted by Gasteiger charge is 2.02. The summed E-state index contributed by atoms with van der Waals surface area (Å²) in [7, 11) is 1.64. The first-order valence-electron chi connectivity index (χ1n) is 6.73. The molecular formula is C15H23NO3. The number of rotatable bonds is 9. The van der Waals surface area contributed by atoms with E-state index >= 15 is 0 Å². The Morgan fingerprint density at radius 2 is 2.21 bits per heavy atom. The Kier molecular flexibility index (Phi) is 7.66. The van der Waals surface area contributed by atoms with E-state index < -0.39 is 0 Å². The van der Waals surface area contributed by atoms with E-state index in [1.54, 1.807) is 7.11 Å². The summed E-state index contributed by atoms with van der Waals surface area (Å²) in [6.45, 7) is 4.07. The fourth-order valence-electron chi connectivity index (χ4n) is 1.72. The molecular weight excluding hydrogens is 242 g/mol. The lowest BCUT2D eigenvalue weighted by molar-refractivity contribution is -0.121. The van der Waals surface area contributed by atoms with Crippen LogP contribution in [0.15, 0.2) is 24.3 Å². The van der Waals surface area contributed by atoms with Crippen LogP contribution in [-0.4, -0.2) is 32.8 Å². The lowest BCUT2D eigenvalue weighted by atomic mass is 10.1. The standard InChI is InChI=1S/C15H23NO3/c1-3-19-11-5-10-16-15(17)9-8-13-6-4-7-14(12-13)18-2/h4,6-7,12H,3,5,8-11H2,1-2H3,(H,16,17). The zero-order valence-electron chi connectivity index (χ0n) is 11.8. The number of amides is 1. The van der Waals surface area contributed by atoms with Crippen LogP contribution in [0.4, 0.5) is 0 Å². The minimum atomic E-state index is 0.0827. The van der Waals surface area contributed by atoms with Crippen LogP contribution in [0, 0.1) is 0 Å². The average molecular weight is 265 g/mol. The van der Waals surface area contributed by atoms with E-state index in [-0.39, 0.29) is 5.91 Å². The molecule has 4 nitrogen and oxygen atoms in total. The Labute approximate surface area is 115 Å². The molecule has 0 radical (unpaired) electrons. The normalized spacial score (nSPS) is 10.2. The number of benzene rings is 1. The molecule has 4 heteroatoms. The second-order valence-corrected chi connectivity index (χ2v) is 4.25. The van der Waals surface area contributed by atoms with Crippen LogP contribution in [0.3, 0.4) is 0 Å². The quantitative estimate of drug-likeness (QED) is 0.696. The molecule has 0 aromatic heterocycles. The van der Waals surface area contributed by atoms with Crippen molar-refractivity contribution in [2.24, 2.45) is 0 Å². The Hall–Kier alpha value is -1.55. The third-order valence-corrected chi connectivity index (χ3v) is 2.77. The van der Waals surface area contributed by atoms with Crippen molar-refractivity contribution in [3.05, 3.63) is 29.8 Å². The summed E-state index contributed by atoms with van der Waals surface area (Å²) in [5.41, 5.74) is 1.11. The van der Waals surface area contributed by atoms with Crippen LogP contribution in [0.1, 0.15) is 25.3 Å².